The Hall–Kier alpha value is -2.45. The van der Waals surface area contributed by atoms with E-state index in [0.717, 1.165) is 6.20 Å². The summed E-state index contributed by atoms with van der Waals surface area (Å²) in [7, 11) is 0. The third-order valence-corrected chi connectivity index (χ3v) is 3.09. The lowest BCUT2D eigenvalue weighted by atomic mass is 9.97. The Labute approximate surface area is 108 Å². The van der Waals surface area contributed by atoms with Crippen LogP contribution in [0.4, 0.5) is 17.5 Å². The summed E-state index contributed by atoms with van der Waals surface area (Å²) in [5.41, 5.74) is 10.5. The van der Waals surface area contributed by atoms with Gasteiger partial charge in [-0.05, 0) is 12.8 Å². The van der Waals surface area contributed by atoms with Crippen LogP contribution in [0.15, 0.2) is 6.20 Å². The van der Waals surface area contributed by atoms with Gasteiger partial charge in [-0.1, -0.05) is 0 Å². The van der Waals surface area contributed by atoms with Gasteiger partial charge in [0, 0.05) is 13.1 Å². The van der Waals surface area contributed by atoms with Crippen LogP contribution in [0.3, 0.4) is 0 Å². The summed E-state index contributed by atoms with van der Waals surface area (Å²) in [6.45, 7) is 0.883. The van der Waals surface area contributed by atoms with Crippen molar-refractivity contribution in [2.45, 2.75) is 12.8 Å². The molecule has 1 saturated heterocycles. The second kappa shape index (κ2) is 5.04. The van der Waals surface area contributed by atoms with Gasteiger partial charge >= 0.3 is 5.69 Å². The number of piperidine rings is 1. The highest BCUT2D eigenvalue weighted by atomic mass is 16.6. The number of hydrogen-bond acceptors (Lipinski definition) is 7. The minimum atomic E-state index is -0.567. The molecule has 9 heteroatoms. The molecular weight excluding hydrogens is 252 g/mol. The number of primary amides is 1. The summed E-state index contributed by atoms with van der Waals surface area (Å²) in [4.78, 5) is 30.8. The van der Waals surface area contributed by atoms with Crippen LogP contribution in [0.2, 0.25) is 0 Å². The van der Waals surface area contributed by atoms with E-state index >= 15 is 0 Å². The number of carbonyl (C=O) groups is 1. The second-order valence-corrected chi connectivity index (χ2v) is 4.38. The third-order valence-electron chi connectivity index (χ3n) is 3.09. The molecule has 0 bridgehead atoms. The average molecular weight is 266 g/mol. The normalized spacial score (nSPS) is 19.2. The van der Waals surface area contributed by atoms with E-state index in [1.807, 2.05) is 0 Å². The van der Waals surface area contributed by atoms with Crippen LogP contribution in [0.25, 0.3) is 0 Å². The van der Waals surface area contributed by atoms with Gasteiger partial charge in [0.2, 0.25) is 17.7 Å². The van der Waals surface area contributed by atoms with E-state index in [4.69, 9.17) is 11.5 Å². The van der Waals surface area contributed by atoms with Crippen molar-refractivity contribution in [2.75, 3.05) is 23.7 Å². The first kappa shape index (κ1) is 13.0. The first-order valence-electron chi connectivity index (χ1n) is 5.80. The molecule has 1 fully saturated rings. The summed E-state index contributed by atoms with van der Waals surface area (Å²) in [5.74, 6) is -0.635. The van der Waals surface area contributed by atoms with Crippen molar-refractivity contribution in [3.05, 3.63) is 16.3 Å². The van der Waals surface area contributed by atoms with Crippen molar-refractivity contribution < 1.29 is 9.72 Å². The molecule has 9 nitrogen and oxygen atoms in total. The predicted molar refractivity (Wildman–Crippen MR) is 67.2 cm³/mol. The van der Waals surface area contributed by atoms with E-state index in [-0.39, 0.29) is 23.4 Å². The van der Waals surface area contributed by atoms with Gasteiger partial charge in [0.15, 0.2) is 0 Å². The Morgan fingerprint density at radius 2 is 2.32 bits per heavy atom. The van der Waals surface area contributed by atoms with Crippen LogP contribution in [0, 0.1) is 16.0 Å². The Kier molecular flexibility index (Phi) is 3.45. The van der Waals surface area contributed by atoms with Crippen LogP contribution in [0.5, 0.6) is 0 Å². The lowest BCUT2D eigenvalue weighted by Crippen LogP contribution is -2.41. The molecule has 0 aliphatic carbocycles. The van der Waals surface area contributed by atoms with E-state index in [1.165, 1.54) is 0 Å². The molecule has 1 aliphatic rings. The zero-order valence-electron chi connectivity index (χ0n) is 10.2. The van der Waals surface area contributed by atoms with Gasteiger partial charge in [-0.3, -0.25) is 14.9 Å². The largest absolute Gasteiger partial charge is 0.369 e. The van der Waals surface area contributed by atoms with Gasteiger partial charge in [-0.25, -0.2) is 4.98 Å². The lowest BCUT2D eigenvalue weighted by molar-refractivity contribution is -0.384. The number of carbonyl (C=O) groups excluding carboxylic acids is 1. The van der Waals surface area contributed by atoms with E-state index in [0.29, 0.717) is 25.9 Å². The van der Waals surface area contributed by atoms with E-state index in [2.05, 4.69) is 9.97 Å². The molecule has 2 heterocycles. The molecule has 1 aliphatic heterocycles. The van der Waals surface area contributed by atoms with Crippen molar-refractivity contribution in [2.24, 2.45) is 11.7 Å². The fourth-order valence-corrected chi connectivity index (χ4v) is 2.14. The topological polar surface area (TPSA) is 141 Å². The molecule has 1 amide bonds. The highest BCUT2D eigenvalue weighted by Gasteiger charge is 2.29. The molecule has 102 valence electrons. The summed E-state index contributed by atoms with van der Waals surface area (Å²) in [6, 6.07) is 0. The summed E-state index contributed by atoms with van der Waals surface area (Å²) >= 11 is 0. The molecule has 1 aromatic heterocycles. The standard InChI is InChI=1S/C10H14N6O3/c11-8(17)6-2-1-3-15(5-6)9-7(16(18)19)4-13-10(12)14-9/h4,6H,1-3,5H2,(H2,11,17)(H2,12,13,14). The second-order valence-electron chi connectivity index (χ2n) is 4.38. The fourth-order valence-electron chi connectivity index (χ4n) is 2.14. The van der Waals surface area contributed by atoms with E-state index in [1.54, 1.807) is 4.90 Å². The maximum absolute atomic E-state index is 11.2. The molecule has 1 atom stereocenters. The van der Waals surface area contributed by atoms with E-state index in [9.17, 15) is 14.9 Å². The molecule has 0 aromatic carbocycles. The monoisotopic (exact) mass is 266 g/mol. The van der Waals surface area contributed by atoms with Gasteiger partial charge in [0.1, 0.15) is 6.20 Å². The Morgan fingerprint density at radius 3 is 2.95 bits per heavy atom. The molecule has 1 aromatic rings. The zero-order valence-corrected chi connectivity index (χ0v) is 10.2. The minimum Gasteiger partial charge on any atom is -0.369 e. The quantitative estimate of drug-likeness (QED) is 0.563. The fraction of sp³-hybridized carbons (Fsp3) is 0.500. The van der Waals surface area contributed by atoms with Gasteiger partial charge < -0.3 is 16.4 Å². The molecular formula is C10H14N6O3. The number of aromatic nitrogens is 2. The number of rotatable bonds is 3. The molecule has 19 heavy (non-hydrogen) atoms. The van der Waals surface area contributed by atoms with Gasteiger partial charge in [0.05, 0.1) is 10.8 Å². The smallest absolute Gasteiger partial charge is 0.329 e. The highest BCUT2D eigenvalue weighted by Crippen LogP contribution is 2.29. The summed E-state index contributed by atoms with van der Waals surface area (Å²) in [5, 5.41) is 11.0. The number of hydrogen-bond donors (Lipinski definition) is 2. The first-order valence-corrected chi connectivity index (χ1v) is 5.80. The number of nitrogens with two attached hydrogens (primary N) is 2. The van der Waals surface area contributed by atoms with Crippen LogP contribution in [-0.4, -0.2) is 33.9 Å². The van der Waals surface area contributed by atoms with Gasteiger partial charge in [-0.15, -0.1) is 0 Å². The maximum atomic E-state index is 11.2. The number of anilines is 2. The van der Waals surface area contributed by atoms with Gasteiger partial charge in [0.25, 0.3) is 0 Å². The number of nitrogens with zero attached hydrogens (tertiary/aromatic N) is 4. The average Bonchev–Trinajstić information content (AvgIpc) is 2.38. The Morgan fingerprint density at radius 1 is 1.58 bits per heavy atom. The molecule has 2 rings (SSSR count). The van der Waals surface area contributed by atoms with Crippen molar-refractivity contribution in [3.8, 4) is 0 Å². The van der Waals surface area contributed by atoms with Crippen molar-refractivity contribution >= 4 is 23.4 Å². The first-order chi connectivity index (χ1) is 8.99. The van der Waals surface area contributed by atoms with E-state index < -0.39 is 10.8 Å². The van der Waals surface area contributed by atoms with Crippen LogP contribution in [0.1, 0.15) is 12.8 Å². The number of amides is 1. The molecule has 4 N–H and O–H groups in total. The number of nitro groups is 1. The maximum Gasteiger partial charge on any atom is 0.329 e. The lowest BCUT2D eigenvalue weighted by Gasteiger charge is -2.31. The molecule has 0 radical (unpaired) electrons. The zero-order chi connectivity index (χ0) is 14.0. The highest BCUT2D eigenvalue weighted by molar-refractivity contribution is 5.77. The number of nitrogen functional groups attached to an aromatic ring is 1. The molecule has 1 unspecified atom stereocenters. The van der Waals surface area contributed by atoms with Gasteiger partial charge in [-0.2, -0.15) is 4.98 Å². The third kappa shape index (κ3) is 2.69. The minimum absolute atomic E-state index is 0.0400. The summed E-state index contributed by atoms with van der Waals surface area (Å²) < 4.78 is 0. The molecule has 0 spiro atoms. The van der Waals surface area contributed by atoms with Crippen LogP contribution >= 0.6 is 0 Å². The predicted octanol–water partition coefficient (Wildman–Crippen LogP) is -0.331. The van der Waals surface area contributed by atoms with Crippen LogP contribution in [-0.2, 0) is 4.79 Å². The summed E-state index contributed by atoms with van der Waals surface area (Å²) in [6.07, 6.45) is 2.47. The van der Waals surface area contributed by atoms with Crippen molar-refractivity contribution in [1.29, 1.82) is 0 Å². The SMILES string of the molecule is NC(=O)C1CCCN(c2nc(N)ncc2[N+](=O)[O-])C1. The van der Waals surface area contributed by atoms with Crippen molar-refractivity contribution in [1.82, 2.24) is 9.97 Å². The van der Waals surface area contributed by atoms with Crippen LogP contribution < -0.4 is 16.4 Å². The van der Waals surface area contributed by atoms with Crippen molar-refractivity contribution in [3.63, 3.8) is 0 Å². The Bertz CT molecular complexity index is 520. The molecule has 0 saturated carbocycles. The Balaban J connectivity index is 2.32.